The van der Waals surface area contributed by atoms with Gasteiger partial charge >= 0.3 is 29.6 Å². The van der Waals surface area contributed by atoms with Gasteiger partial charge in [0.2, 0.25) is 0 Å². The molecular weight excluding hydrogens is 451 g/mol. The Kier molecular flexibility index (Phi) is 7.41. The molecule has 33 heavy (non-hydrogen) atoms. The van der Waals surface area contributed by atoms with Gasteiger partial charge in [-0.25, -0.2) is 0 Å². The number of fused-ring (bicyclic) bond motifs is 1. The number of nitrogens with two attached hydrogens (primary N) is 1. The van der Waals surface area contributed by atoms with Crippen LogP contribution in [0.1, 0.15) is 17.3 Å². The molecule has 3 N–H and O–H groups in total. The summed E-state index contributed by atoms with van der Waals surface area (Å²) < 4.78 is 33.3. The van der Waals surface area contributed by atoms with Crippen molar-refractivity contribution in [3.8, 4) is 11.3 Å². The molecule has 3 aromatic carbocycles. The molecule has 0 amide bonds. The van der Waals surface area contributed by atoms with Crippen LogP contribution in [-0.2, 0) is 10.1 Å². The molecule has 0 spiro atoms. The molecular formula is C23H19N4NaO4S. The van der Waals surface area contributed by atoms with Gasteiger partial charge in [0.1, 0.15) is 16.3 Å². The average molecular weight is 470 g/mol. The summed E-state index contributed by atoms with van der Waals surface area (Å²) in [6.07, 6.45) is 1.51. The molecule has 0 aliphatic heterocycles. The van der Waals surface area contributed by atoms with Crippen LogP contribution < -0.4 is 5.73 Å². The maximum absolute atomic E-state index is 11.8. The number of carbonyl (C=O) groups excluding carboxylic acids is 1. The van der Waals surface area contributed by atoms with Gasteiger partial charge < -0.3 is 5.73 Å². The van der Waals surface area contributed by atoms with Crippen LogP contribution >= 0.6 is 0 Å². The number of ketones is 1. The van der Waals surface area contributed by atoms with Crippen molar-refractivity contribution in [1.29, 1.82) is 0 Å². The van der Waals surface area contributed by atoms with Gasteiger partial charge in [0.05, 0.1) is 17.6 Å². The Balaban J connectivity index is 0.00000306. The number of pyridine rings is 1. The van der Waals surface area contributed by atoms with E-state index in [4.69, 9.17) is 5.73 Å². The first-order chi connectivity index (χ1) is 15.2. The Bertz CT molecular complexity index is 1470. The molecule has 1 aromatic heterocycles. The summed E-state index contributed by atoms with van der Waals surface area (Å²) in [5, 5.41) is 8.92. The normalized spacial score (nSPS) is 11.5. The van der Waals surface area contributed by atoms with E-state index in [1.165, 1.54) is 19.2 Å². The van der Waals surface area contributed by atoms with E-state index >= 15 is 0 Å². The third-order valence-corrected chi connectivity index (χ3v) is 5.81. The van der Waals surface area contributed by atoms with Crippen LogP contribution in [0.4, 0.5) is 17.1 Å². The van der Waals surface area contributed by atoms with E-state index in [0.29, 0.717) is 27.7 Å². The summed E-state index contributed by atoms with van der Waals surface area (Å²) in [5.74, 6) is -0.00890. The van der Waals surface area contributed by atoms with Gasteiger partial charge in [-0.2, -0.15) is 8.42 Å². The van der Waals surface area contributed by atoms with Crippen molar-refractivity contribution < 1.29 is 17.8 Å². The predicted molar refractivity (Wildman–Crippen MR) is 129 cm³/mol. The van der Waals surface area contributed by atoms with Crippen LogP contribution in [-0.4, -0.2) is 53.3 Å². The molecule has 0 bridgehead atoms. The van der Waals surface area contributed by atoms with Crippen LogP contribution in [0.15, 0.2) is 88.1 Å². The van der Waals surface area contributed by atoms with Crippen LogP contribution in [0.2, 0.25) is 0 Å². The van der Waals surface area contributed by atoms with Gasteiger partial charge in [0, 0.05) is 21.9 Å². The number of rotatable bonds is 5. The van der Waals surface area contributed by atoms with E-state index in [0.717, 1.165) is 5.56 Å². The Morgan fingerprint density at radius 3 is 2.21 bits per heavy atom. The van der Waals surface area contributed by atoms with Crippen LogP contribution in [0.25, 0.3) is 22.0 Å². The van der Waals surface area contributed by atoms with Gasteiger partial charge in [0.15, 0.2) is 5.78 Å². The number of nitrogen functional groups attached to an aromatic ring is 1. The minimum absolute atomic E-state index is 0. The number of hydrogen-bond donors (Lipinski definition) is 2. The van der Waals surface area contributed by atoms with Gasteiger partial charge in [-0.1, -0.05) is 48.5 Å². The summed E-state index contributed by atoms with van der Waals surface area (Å²) in [6.45, 7) is 1.51. The first kappa shape index (κ1) is 24.7. The third kappa shape index (κ3) is 5.35. The summed E-state index contributed by atoms with van der Waals surface area (Å²) in [5.41, 5.74) is 9.10. The van der Waals surface area contributed by atoms with Crippen molar-refractivity contribution >= 4 is 73.3 Å². The molecule has 0 aliphatic rings. The van der Waals surface area contributed by atoms with E-state index in [-0.39, 0.29) is 51.6 Å². The van der Waals surface area contributed by atoms with Crippen molar-refractivity contribution in [2.75, 3.05) is 5.73 Å². The maximum atomic E-state index is 11.8. The number of benzene rings is 3. The summed E-state index contributed by atoms with van der Waals surface area (Å²) in [7, 11) is -4.49. The zero-order valence-corrected chi connectivity index (χ0v) is 17.7. The van der Waals surface area contributed by atoms with E-state index in [1.54, 1.807) is 48.5 Å². The number of azo groups is 1. The van der Waals surface area contributed by atoms with Gasteiger partial charge in [-0.3, -0.25) is 14.3 Å². The fourth-order valence-corrected chi connectivity index (χ4v) is 3.97. The van der Waals surface area contributed by atoms with Gasteiger partial charge in [-0.05, 0) is 25.1 Å². The first-order valence-electron chi connectivity index (χ1n) is 9.52. The van der Waals surface area contributed by atoms with E-state index < -0.39 is 10.1 Å². The summed E-state index contributed by atoms with van der Waals surface area (Å²) >= 11 is 0. The fraction of sp³-hybridized carbons (Fsp3) is 0.0435. The summed E-state index contributed by atoms with van der Waals surface area (Å²) in [4.78, 5) is 15.5. The molecule has 0 saturated heterocycles. The topological polar surface area (TPSA) is 135 Å². The number of Topliss-reactive ketones (excluding diaryl/α,β-unsaturated/α-hetero) is 1. The van der Waals surface area contributed by atoms with Crippen LogP contribution in [0.5, 0.6) is 0 Å². The Morgan fingerprint density at radius 2 is 1.64 bits per heavy atom. The van der Waals surface area contributed by atoms with Crippen LogP contribution in [0.3, 0.4) is 0 Å². The molecule has 0 radical (unpaired) electrons. The van der Waals surface area contributed by atoms with Gasteiger partial charge in [-0.15, -0.1) is 10.2 Å². The average Bonchev–Trinajstić information content (AvgIpc) is 2.78. The zero-order chi connectivity index (χ0) is 22.9. The quantitative estimate of drug-likeness (QED) is 0.143. The second kappa shape index (κ2) is 9.90. The molecule has 0 unspecified atom stereocenters. The number of anilines is 1. The Hall–Kier alpha value is -2.95. The summed E-state index contributed by atoms with van der Waals surface area (Å²) in [6, 6.07) is 18.3. The molecule has 162 valence electrons. The molecule has 0 aliphatic carbocycles. The molecule has 4 rings (SSSR count). The molecule has 0 fully saturated rings. The first-order valence-corrected chi connectivity index (χ1v) is 11.0. The van der Waals surface area contributed by atoms with Crippen molar-refractivity contribution in [2.45, 2.75) is 11.8 Å². The Labute approximate surface area is 212 Å². The molecule has 8 nitrogen and oxygen atoms in total. The van der Waals surface area contributed by atoms with Crippen LogP contribution in [0, 0.1) is 0 Å². The third-order valence-electron chi connectivity index (χ3n) is 4.91. The second-order valence-corrected chi connectivity index (χ2v) is 8.45. The van der Waals surface area contributed by atoms with Crippen molar-refractivity contribution in [3.05, 3.63) is 78.5 Å². The predicted octanol–water partition coefficient (Wildman–Crippen LogP) is 4.70. The molecule has 0 atom stereocenters. The molecule has 4 aromatic rings. The standard InChI is InChI=1S/C23H18N4O4S.Na.H/c1-14(28)15-6-8-16(9-7-15)20-11-10-17(13-25-20)26-27-21-12-22(32(29,30)31)18-4-2-3-5-19(18)23(21)24;;/h2-13H,24H2,1H3,(H,29,30,31);;. The number of hydrogen-bond acceptors (Lipinski definition) is 7. The molecule has 0 saturated carbocycles. The van der Waals surface area contributed by atoms with Crippen molar-refractivity contribution in [1.82, 2.24) is 4.98 Å². The van der Waals surface area contributed by atoms with Crippen molar-refractivity contribution in [3.63, 3.8) is 0 Å². The fourth-order valence-electron chi connectivity index (χ4n) is 3.25. The zero-order valence-electron chi connectivity index (χ0n) is 16.9. The SMILES string of the molecule is CC(=O)c1ccc(-c2ccc(N=Nc3cc(S(=O)(=O)O)c4ccccc4c3N)cn2)cc1.[NaH]. The Morgan fingerprint density at radius 1 is 0.970 bits per heavy atom. The van der Waals surface area contributed by atoms with Crippen molar-refractivity contribution in [2.24, 2.45) is 10.2 Å². The van der Waals surface area contributed by atoms with E-state index in [1.807, 2.05) is 12.1 Å². The number of nitrogens with zero attached hydrogens (tertiary/aromatic N) is 3. The second-order valence-electron chi connectivity index (χ2n) is 7.06. The molecule has 10 heteroatoms. The monoisotopic (exact) mass is 470 g/mol. The molecule has 1 heterocycles. The number of aromatic nitrogens is 1. The minimum atomic E-state index is -4.49. The van der Waals surface area contributed by atoms with E-state index in [2.05, 4.69) is 15.2 Å². The number of carbonyl (C=O) groups is 1. The van der Waals surface area contributed by atoms with Gasteiger partial charge in [0.25, 0.3) is 10.1 Å². The van der Waals surface area contributed by atoms with E-state index in [9.17, 15) is 17.8 Å².